The first-order valence-electron chi connectivity index (χ1n) is 11.5. The fourth-order valence-electron chi connectivity index (χ4n) is 4.08. The lowest BCUT2D eigenvalue weighted by molar-refractivity contribution is -0.132. The van der Waals surface area contributed by atoms with E-state index in [4.69, 9.17) is 14.6 Å². The molecule has 0 saturated carbocycles. The van der Waals surface area contributed by atoms with E-state index >= 15 is 0 Å². The summed E-state index contributed by atoms with van der Waals surface area (Å²) in [5, 5.41) is 16.4. The molecule has 1 amide bonds. The summed E-state index contributed by atoms with van der Waals surface area (Å²) < 4.78 is 34.2. The van der Waals surface area contributed by atoms with Gasteiger partial charge in [-0.3, -0.25) is 14.5 Å². The average molecular weight is 523 g/mol. The number of benzene rings is 3. The summed E-state index contributed by atoms with van der Waals surface area (Å²) in [6.07, 6.45) is 0.839. The highest BCUT2D eigenvalue weighted by atomic mass is 32.2. The lowest BCUT2D eigenvalue weighted by Gasteiger charge is -2.25. The molecule has 9 nitrogen and oxygen atoms in total. The van der Waals surface area contributed by atoms with Crippen LogP contribution in [0.25, 0.3) is 5.76 Å². The number of sulfonamides is 1. The maximum atomic E-state index is 13.3. The fourth-order valence-corrected chi connectivity index (χ4v) is 4.60. The van der Waals surface area contributed by atoms with E-state index in [1.165, 1.54) is 36.3 Å². The molecule has 37 heavy (non-hydrogen) atoms. The first-order valence-corrected chi connectivity index (χ1v) is 13.0. The highest BCUT2D eigenvalue weighted by Crippen LogP contribution is 2.42. The number of carbonyl (C=O) groups is 2. The quantitative estimate of drug-likeness (QED) is 0.261. The minimum Gasteiger partial charge on any atom is -0.507 e. The Labute approximate surface area is 214 Å². The predicted molar refractivity (Wildman–Crippen MR) is 138 cm³/mol. The van der Waals surface area contributed by atoms with Gasteiger partial charge in [-0.2, -0.15) is 0 Å². The van der Waals surface area contributed by atoms with Crippen LogP contribution >= 0.6 is 0 Å². The Morgan fingerprint density at radius 2 is 1.54 bits per heavy atom. The zero-order chi connectivity index (χ0) is 26.7. The van der Waals surface area contributed by atoms with Crippen molar-refractivity contribution in [3.63, 3.8) is 0 Å². The number of Topliss-reactive ketones (excluding diaryl/α,β-unsaturated/α-hetero) is 1. The van der Waals surface area contributed by atoms with Crippen LogP contribution in [0.15, 0.2) is 83.3 Å². The van der Waals surface area contributed by atoms with Crippen LogP contribution in [0.3, 0.4) is 0 Å². The number of amides is 1. The Morgan fingerprint density at radius 3 is 2.08 bits per heavy atom. The molecule has 10 heteroatoms. The Bertz CT molecular complexity index is 1450. The zero-order valence-electron chi connectivity index (χ0n) is 20.2. The van der Waals surface area contributed by atoms with Crippen LogP contribution in [0.1, 0.15) is 30.5 Å². The molecular weight excluding hydrogens is 496 g/mol. The van der Waals surface area contributed by atoms with E-state index in [1.807, 2.05) is 6.92 Å². The van der Waals surface area contributed by atoms with Gasteiger partial charge in [-0.05, 0) is 72.6 Å². The minimum atomic E-state index is -3.95. The van der Waals surface area contributed by atoms with Crippen molar-refractivity contribution < 1.29 is 32.6 Å². The number of nitrogens with two attached hydrogens (primary N) is 1. The molecular formula is C27H26N2O7S. The van der Waals surface area contributed by atoms with E-state index in [2.05, 4.69) is 0 Å². The van der Waals surface area contributed by atoms with Crippen molar-refractivity contribution in [1.82, 2.24) is 0 Å². The van der Waals surface area contributed by atoms with Gasteiger partial charge in [0.25, 0.3) is 11.7 Å². The number of hydrogen-bond donors (Lipinski definition) is 2. The van der Waals surface area contributed by atoms with Gasteiger partial charge in [-0.15, -0.1) is 0 Å². The van der Waals surface area contributed by atoms with Gasteiger partial charge in [0.1, 0.15) is 17.3 Å². The topological polar surface area (TPSA) is 136 Å². The Morgan fingerprint density at radius 1 is 0.946 bits per heavy atom. The number of aliphatic hydroxyl groups excluding tert-OH is 1. The van der Waals surface area contributed by atoms with Crippen LogP contribution in [-0.2, 0) is 19.6 Å². The molecule has 0 radical (unpaired) electrons. The maximum Gasteiger partial charge on any atom is 0.300 e. The van der Waals surface area contributed by atoms with E-state index in [1.54, 1.807) is 48.5 Å². The smallest absolute Gasteiger partial charge is 0.300 e. The molecule has 3 N–H and O–H groups in total. The molecule has 1 heterocycles. The van der Waals surface area contributed by atoms with Crippen molar-refractivity contribution >= 4 is 33.2 Å². The second kappa shape index (κ2) is 10.5. The monoisotopic (exact) mass is 522 g/mol. The molecule has 4 rings (SSSR count). The van der Waals surface area contributed by atoms with Gasteiger partial charge in [0.2, 0.25) is 10.0 Å². The Balaban J connectivity index is 1.84. The van der Waals surface area contributed by atoms with Crippen molar-refractivity contribution in [2.45, 2.75) is 24.3 Å². The third kappa shape index (κ3) is 5.20. The van der Waals surface area contributed by atoms with Crippen molar-refractivity contribution in [3.05, 3.63) is 89.5 Å². The normalized spacial score (nSPS) is 17.2. The Kier molecular flexibility index (Phi) is 7.33. The van der Waals surface area contributed by atoms with E-state index in [9.17, 15) is 23.1 Å². The first kappa shape index (κ1) is 25.9. The van der Waals surface area contributed by atoms with Gasteiger partial charge >= 0.3 is 0 Å². The molecule has 1 atom stereocenters. The summed E-state index contributed by atoms with van der Waals surface area (Å²) in [6, 6.07) is 17.6. The fraction of sp³-hybridized carbons (Fsp3) is 0.185. The second-order valence-corrected chi connectivity index (χ2v) is 9.92. The number of aliphatic hydroxyl groups is 1. The minimum absolute atomic E-state index is 0.104. The van der Waals surface area contributed by atoms with Gasteiger partial charge in [0.05, 0.1) is 30.2 Å². The first-order chi connectivity index (χ1) is 17.7. The number of ether oxygens (including phenoxy) is 2. The molecule has 192 valence electrons. The summed E-state index contributed by atoms with van der Waals surface area (Å²) in [6.45, 7) is 2.53. The van der Waals surface area contributed by atoms with Gasteiger partial charge in [0, 0.05) is 11.3 Å². The van der Waals surface area contributed by atoms with Crippen LogP contribution in [0.2, 0.25) is 0 Å². The predicted octanol–water partition coefficient (Wildman–Crippen LogP) is 3.76. The highest BCUT2D eigenvalue weighted by molar-refractivity contribution is 7.89. The van der Waals surface area contributed by atoms with E-state index < -0.39 is 27.8 Å². The number of anilines is 1. The van der Waals surface area contributed by atoms with Crippen molar-refractivity contribution in [2.75, 3.05) is 18.6 Å². The van der Waals surface area contributed by atoms with Crippen LogP contribution in [-0.4, -0.2) is 38.9 Å². The standard InChI is InChI=1S/C27H26N2O7S/c1-3-16-36-21-12-6-18(7-13-21)25(30)23-24(17-4-10-20(35-2)11-5-17)29(27(32)26(23)31)19-8-14-22(15-9-19)37(28,33)34/h4-15,24,30H,3,16H2,1-2H3,(H2,28,33,34)/b25-23+. The van der Waals surface area contributed by atoms with Crippen LogP contribution < -0.4 is 19.5 Å². The molecule has 1 aliphatic heterocycles. The third-order valence-electron chi connectivity index (χ3n) is 5.92. The summed E-state index contributed by atoms with van der Waals surface area (Å²) in [5.41, 5.74) is 1.04. The molecule has 1 fully saturated rings. The van der Waals surface area contributed by atoms with Crippen LogP contribution in [0.5, 0.6) is 11.5 Å². The van der Waals surface area contributed by atoms with Crippen LogP contribution in [0.4, 0.5) is 5.69 Å². The SMILES string of the molecule is CCCOc1ccc(/C(O)=C2\C(=O)C(=O)N(c3ccc(S(N)(=O)=O)cc3)C2c2ccc(OC)cc2)cc1. The lowest BCUT2D eigenvalue weighted by Crippen LogP contribution is -2.29. The molecule has 1 unspecified atom stereocenters. The number of nitrogens with zero attached hydrogens (tertiary/aromatic N) is 1. The highest BCUT2D eigenvalue weighted by Gasteiger charge is 2.47. The number of rotatable bonds is 8. The second-order valence-electron chi connectivity index (χ2n) is 8.35. The van der Waals surface area contributed by atoms with Gasteiger partial charge < -0.3 is 14.6 Å². The third-order valence-corrected chi connectivity index (χ3v) is 6.85. The molecule has 0 aliphatic carbocycles. The molecule has 0 aromatic heterocycles. The summed E-state index contributed by atoms with van der Waals surface area (Å²) in [7, 11) is -2.44. The lowest BCUT2D eigenvalue weighted by atomic mass is 9.95. The largest absolute Gasteiger partial charge is 0.507 e. The van der Waals surface area contributed by atoms with E-state index in [0.29, 0.717) is 29.2 Å². The van der Waals surface area contributed by atoms with Crippen molar-refractivity contribution in [3.8, 4) is 11.5 Å². The molecule has 3 aromatic carbocycles. The average Bonchev–Trinajstić information content (AvgIpc) is 3.17. The molecule has 1 saturated heterocycles. The zero-order valence-corrected chi connectivity index (χ0v) is 21.1. The number of primary sulfonamides is 1. The number of hydrogen-bond acceptors (Lipinski definition) is 7. The molecule has 0 bridgehead atoms. The van der Waals surface area contributed by atoms with Gasteiger partial charge in [-0.1, -0.05) is 19.1 Å². The van der Waals surface area contributed by atoms with Gasteiger partial charge in [-0.25, -0.2) is 13.6 Å². The number of methoxy groups -OCH3 is 1. The van der Waals surface area contributed by atoms with Crippen molar-refractivity contribution in [1.29, 1.82) is 0 Å². The Hall–Kier alpha value is -4.15. The van der Waals surface area contributed by atoms with E-state index in [-0.39, 0.29) is 21.9 Å². The number of ketones is 1. The van der Waals surface area contributed by atoms with Crippen molar-refractivity contribution in [2.24, 2.45) is 5.14 Å². The summed E-state index contributed by atoms with van der Waals surface area (Å²) >= 11 is 0. The molecule has 3 aromatic rings. The van der Waals surface area contributed by atoms with E-state index in [0.717, 1.165) is 6.42 Å². The van der Waals surface area contributed by atoms with Gasteiger partial charge in [0.15, 0.2) is 0 Å². The molecule has 0 spiro atoms. The molecule has 1 aliphatic rings. The van der Waals surface area contributed by atoms with Crippen LogP contribution in [0, 0.1) is 0 Å². The maximum absolute atomic E-state index is 13.3. The summed E-state index contributed by atoms with van der Waals surface area (Å²) in [5.74, 6) is -0.903. The number of carbonyl (C=O) groups excluding carboxylic acids is 2. The summed E-state index contributed by atoms with van der Waals surface area (Å²) in [4.78, 5) is 27.6.